The molecular weight excluding hydrogens is 230 g/mol. The van der Waals surface area contributed by atoms with Gasteiger partial charge in [0.05, 0.1) is 5.92 Å². The molecule has 0 bridgehead atoms. The van der Waals surface area contributed by atoms with Gasteiger partial charge in [0.15, 0.2) is 0 Å². The second kappa shape index (κ2) is 4.90. The minimum absolute atomic E-state index is 0.0209. The van der Waals surface area contributed by atoms with Crippen molar-refractivity contribution in [2.24, 2.45) is 11.3 Å². The highest BCUT2D eigenvalue weighted by Crippen LogP contribution is 2.30. The van der Waals surface area contributed by atoms with Crippen molar-refractivity contribution in [3.63, 3.8) is 0 Å². The first kappa shape index (κ1) is 15.0. The van der Waals surface area contributed by atoms with Gasteiger partial charge < -0.3 is 9.64 Å². The van der Waals surface area contributed by atoms with Crippen LogP contribution in [-0.2, 0) is 9.53 Å². The lowest BCUT2D eigenvalue weighted by molar-refractivity contribution is -0.136. The topological polar surface area (TPSA) is 46.6 Å². The summed E-state index contributed by atoms with van der Waals surface area (Å²) in [6.07, 6.45) is 0.509. The lowest BCUT2D eigenvalue weighted by Gasteiger charge is -2.41. The predicted molar refractivity (Wildman–Crippen MR) is 70.4 cm³/mol. The number of carbonyl (C=O) groups excluding carboxylic acids is 2. The number of hydrogen-bond donors (Lipinski definition) is 0. The standard InChI is InChI=1S/C14H25NO3/c1-7-14(5,6)11(16)10-8-15(9-10)12(17)18-13(2,3)4/h10H,7-9H2,1-6H3. The van der Waals surface area contributed by atoms with Gasteiger partial charge in [0.1, 0.15) is 11.4 Å². The smallest absolute Gasteiger partial charge is 0.410 e. The Kier molecular flexibility index (Phi) is 4.08. The zero-order chi connectivity index (χ0) is 14.1. The molecule has 1 amide bonds. The van der Waals surface area contributed by atoms with Crippen LogP contribution in [0.25, 0.3) is 0 Å². The Morgan fingerprint density at radius 3 is 2.06 bits per heavy atom. The third-order valence-electron chi connectivity index (χ3n) is 3.45. The van der Waals surface area contributed by atoms with Gasteiger partial charge in [-0.05, 0) is 27.2 Å². The molecular formula is C14H25NO3. The molecule has 4 nitrogen and oxygen atoms in total. The van der Waals surface area contributed by atoms with Gasteiger partial charge in [-0.2, -0.15) is 0 Å². The van der Waals surface area contributed by atoms with Crippen molar-refractivity contribution < 1.29 is 14.3 Å². The monoisotopic (exact) mass is 255 g/mol. The van der Waals surface area contributed by atoms with E-state index < -0.39 is 5.60 Å². The van der Waals surface area contributed by atoms with E-state index in [1.807, 2.05) is 41.5 Å². The second-order valence-corrected chi connectivity index (χ2v) is 6.68. The molecule has 0 aromatic heterocycles. The van der Waals surface area contributed by atoms with Crippen LogP contribution in [0.15, 0.2) is 0 Å². The molecule has 0 atom stereocenters. The first-order valence-electron chi connectivity index (χ1n) is 6.59. The molecule has 1 saturated heterocycles. The molecule has 0 spiro atoms. The maximum absolute atomic E-state index is 12.2. The van der Waals surface area contributed by atoms with Crippen LogP contribution in [0.2, 0.25) is 0 Å². The number of Topliss-reactive ketones (excluding diaryl/α,β-unsaturated/α-hetero) is 1. The molecule has 4 heteroatoms. The summed E-state index contributed by atoms with van der Waals surface area (Å²) >= 11 is 0. The average Bonchev–Trinajstić information content (AvgIpc) is 2.12. The molecule has 18 heavy (non-hydrogen) atoms. The highest BCUT2D eigenvalue weighted by Gasteiger charge is 2.42. The normalized spacial score (nSPS) is 17.3. The molecule has 1 fully saturated rings. The number of ketones is 1. The van der Waals surface area contributed by atoms with Crippen LogP contribution >= 0.6 is 0 Å². The lowest BCUT2D eigenvalue weighted by Crippen LogP contribution is -2.56. The Labute approximate surface area is 110 Å². The first-order chi connectivity index (χ1) is 8.07. The van der Waals surface area contributed by atoms with E-state index in [9.17, 15) is 9.59 Å². The van der Waals surface area contributed by atoms with E-state index >= 15 is 0 Å². The summed E-state index contributed by atoms with van der Waals surface area (Å²) < 4.78 is 5.26. The fourth-order valence-electron chi connectivity index (χ4n) is 1.85. The number of likely N-dealkylation sites (tertiary alicyclic amines) is 1. The summed E-state index contributed by atoms with van der Waals surface area (Å²) in [5.41, 5.74) is -0.764. The maximum atomic E-state index is 12.2. The molecule has 1 aliphatic heterocycles. The van der Waals surface area contributed by atoms with Crippen LogP contribution in [0.1, 0.15) is 48.0 Å². The van der Waals surface area contributed by atoms with Crippen LogP contribution in [0, 0.1) is 11.3 Å². The summed E-state index contributed by atoms with van der Waals surface area (Å²) in [7, 11) is 0. The summed E-state index contributed by atoms with van der Waals surface area (Å²) in [6.45, 7) is 12.5. The Morgan fingerprint density at radius 2 is 1.67 bits per heavy atom. The SMILES string of the molecule is CCC(C)(C)C(=O)C1CN(C(=O)OC(C)(C)C)C1. The van der Waals surface area contributed by atoms with Crippen molar-refractivity contribution in [1.29, 1.82) is 0 Å². The molecule has 0 radical (unpaired) electrons. The van der Waals surface area contributed by atoms with Gasteiger partial charge in [-0.1, -0.05) is 20.8 Å². The Hall–Kier alpha value is -1.06. The van der Waals surface area contributed by atoms with Crippen molar-refractivity contribution in [2.75, 3.05) is 13.1 Å². The third-order valence-corrected chi connectivity index (χ3v) is 3.45. The Bertz CT molecular complexity index is 335. The minimum Gasteiger partial charge on any atom is -0.444 e. The molecule has 0 N–H and O–H groups in total. The molecule has 1 aliphatic rings. The number of carbonyl (C=O) groups is 2. The highest BCUT2D eigenvalue weighted by molar-refractivity contribution is 5.88. The molecule has 1 heterocycles. The van der Waals surface area contributed by atoms with E-state index in [-0.39, 0.29) is 23.2 Å². The second-order valence-electron chi connectivity index (χ2n) is 6.68. The minimum atomic E-state index is -0.477. The van der Waals surface area contributed by atoms with Crippen molar-refractivity contribution in [1.82, 2.24) is 4.90 Å². The number of amides is 1. The molecule has 104 valence electrons. The third kappa shape index (κ3) is 3.47. The van der Waals surface area contributed by atoms with Gasteiger partial charge in [0, 0.05) is 18.5 Å². The predicted octanol–water partition coefficient (Wildman–Crippen LogP) is 2.86. The highest BCUT2D eigenvalue weighted by atomic mass is 16.6. The molecule has 0 aromatic carbocycles. The largest absolute Gasteiger partial charge is 0.444 e. The molecule has 1 rings (SSSR count). The van der Waals surface area contributed by atoms with Crippen molar-refractivity contribution in [3.8, 4) is 0 Å². The van der Waals surface area contributed by atoms with Gasteiger partial charge in [0.25, 0.3) is 0 Å². The number of rotatable bonds is 3. The van der Waals surface area contributed by atoms with Crippen molar-refractivity contribution >= 4 is 11.9 Å². The molecule has 0 aliphatic carbocycles. The van der Waals surface area contributed by atoms with Gasteiger partial charge in [-0.15, -0.1) is 0 Å². The van der Waals surface area contributed by atoms with E-state index in [0.717, 1.165) is 6.42 Å². The van der Waals surface area contributed by atoms with Crippen LogP contribution in [0.5, 0.6) is 0 Å². The summed E-state index contributed by atoms with van der Waals surface area (Å²) in [5, 5.41) is 0. The van der Waals surface area contributed by atoms with Crippen molar-refractivity contribution in [3.05, 3.63) is 0 Å². The summed E-state index contributed by atoms with van der Waals surface area (Å²) in [6, 6.07) is 0. The maximum Gasteiger partial charge on any atom is 0.410 e. The molecule has 0 aromatic rings. The van der Waals surface area contributed by atoms with Gasteiger partial charge in [-0.25, -0.2) is 4.79 Å². The number of ether oxygens (including phenoxy) is 1. The van der Waals surface area contributed by atoms with Crippen LogP contribution in [0.3, 0.4) is 0 Å². The zero-order valence-corrected chi connectivity index (χ0v) is 12.4. The van der Waals surface area contributed by atoms with E-state index in [1.165, 1.54) is 0 Å². The molecule has 0 saturated carbocycles. The van der Waals surface area contributed by atoms with Crippen molar-refractivity contribution in [2.45, 2.75) is 53.6 Å². The van der Waals surface area contributed by atoms with E-state index in [4.69, 9.17) is 4.74 Å². The summed E-state index contributed by atoms with van der Waals surface area (Å²) in [4.78, 5) is 25.5. The van der Waals surface area contributed by atoms with E-state index in [0.29, 0.717) is 13.1 Å². The van der Waals surface area contributed by atoms with Crippen LogP contribution in [-0.4, -0.2) is 35.5 Å². The van der Waals surface area contributed by atoms with Crippen LogP contribution in [0.4, 0.5) is 4.79 Å². The lowest BCUT2D eigenvalue weighted by atomic mass is 9.76. The van der Waals surface area contributed by atoms with Crippen LogP contribution < -0.4 is 0 Å². The molecule has 0 unspecified atom stereocenters. The number of nitrogens with zero attached hydrogens (tertiary/aromatic N) is 1. The fraction of sp³-hybridized carbons (Fsp3) is 0.857. The Morgan fingerprint density at radius 1 is 1.17 bits per heavy atom. The van der Waals surface area contributed by atoms with E-state index in [2.05, 4.69) is 0 Å². The van der Waals surface area contributed by atoms with Gasteiger partial charge in [0.2, 0.25) is 0 Å². The van der Waals surface area contributed by atoms with E-state index in [1.54, 1.807) is 4.90 Å². The summed E-state index contributed by atoms with van der Waals surface area (Å²) in [5.74, 6) is 0.234. The zero-order valence-electron chi connectivity index (χ0n) is 12.4. The average molecular weight is 255 g/mol. The van der Waals surface area contributed by atoms with Gasteiger partial charge in [-0.3, -0.25) is 4.79 Å². The Balaban J connectivity index is 2.45. The number of hydrogen-bond acceptors (Lipinski definition) is 3. The fourth-order valence-corrected chi connectivity index (χ4v) is 1.85. The van der Waals surface area contributed by atoms with Gasteiger partial charge >= 0.3 is 6.09 Å². The quantitative estimate of drug-likeness (QED) is 0.779. The first-order valence-corrected chi connectivity index (χ1v) is 6.59.